The number of hydrogen-bond acceptors (Lipinski definition) is 7. The minimum absolute atomic E-state index is 0.0171. The molecule has 1 N–H and O–H groups in total. The predicted molar refractivity (Wildman–Crippen MR) is 362 cm³/mol. The molecule has 32 atom stereocenters. The number of hydrogen-bond donors (Lipinski definition) is 1. The van der Waals surface area contributed by atoms with Crippen molar-refractivity contribution in [1.29, 1.82) is 0 Å². The van der Waals surface area contributed by atoms with Crippen molar-refractivity contribution in [1.82, 2.24) is 0 Å². The number of ether oxygens (including phenoxy) is 1. The van der Waals surface area contributed by atoms with Crippen molar-refractivity contribution >= 4 is 266 Å². The second-order valence-electron chi connectivity index (χ2n) is 14.6. The zero-order valence-corrected chi connectivity index (χ0v) is 65.9. The summed E-state index contributed by atoms with van der Waals surface area (Å²) in [5.41, 5.74) is -0.716. The molecule has 0 aromatic carbocycles. The van der Waals surface area contributed by atoms with Gasteiger partial charge in [0.05, 0.1) is 59.0 Å². The first-order chi connectivity index (χ1) is 27.2. The van der Waals surface area contributed by atoms with Crippen LogP contribution in [-0.2, 0) is 27.6 Å². The zero-order chi connectivity index (χ0) is 44.9. The van der Waals surface area contributed by atoms with E-state index < -0.39 is 139 Å². The number of ketones is 1. The van der Waals surface area contributed by atoms with Gasteiger partial charge in [0.15, 0.2) is 5.78 Å². The van der Waals surface area contributed by atoms with Crippen LogP contribution in [0.1, 0.15) is 40.5 Å². The van der Waals surface area contributed by atoms with E-state index in [1.807, 2.05) is 0 Å². The summed E-state index contributed by atoms with van der Waals surface area (Å²) in [6.07, 6.45) is -1.29. The number of carbonyl (C=O) groups is 1. The van der Waals surface area contributed by atoms with Crippen molar-refractivity contribution < 1.29 is 32.7 Å². The van der Waals surface area contributed by atoms with Gasteiger partial charge >= 0.3 is 0 Å². The molecule has 0 aromatic heterocycles. The second kappa shape index (κ2) is 28.7. The van der Waals surface area contributed by atoms with Gasteiger partial charge in [-0.25, -0.2) is 0 Å². The van der Waals surface area contributed by atoms with Crippen LogP contribution in [0.5, 0.6) is 0 Å². The average Bonchev–Trinajstić information content (AvgIpc) is 3.11. The molecule has 344 valence electrons. The number of aliphatic hydroxyl groups is 1. The van der Waals surface area contributed by atoms with Crippen LogP contribution in [0, 0.1) is 22.7 Å². The molecule has 1 saturated heterocycles. The molecule has 1 aliphatic heterocycles. The standard InChI is InChI=1S/C20H62O7P32/c1-8-10(25-49(57(44)53(36)37)59(55(40)41)56(42)43)5-9-14(24-45-28)16-19(4,11(6-12-20(16,22)7-23-12)26-47(50(30)31)51(32)33)17(21)15(13(8)18(9,2)3)27-48(52(34)35)58(46-29)54(38)39/h9-12,14-16,22,45-46H,5-7,28-44H2,1-4H3/t9?,10-,11-,12+,14+,15+,16-,19+,20-,48?,49?,57?,58?/m0/s1. The number of Topliss-reactive ketones (excluding diaryl/α,β-unsaturated/α-hetero) is 1. The predicted octanol–water partition coefficient (Wildman–Crippen LogP) is 19.4. The Kier molecular flexibility index (Phi) is 31.4. The largest absolute Gasteiger partial charge is 0.384 e. The SMILES string of the molecule is CC1=C2[C@@H](OP(P(P)P)P(PP)P(P)P)C(=O)[C@]3(C)[C@@H](OP(P(P)P)P(P)P)C[C@H]4OC[C@@]4(O)[C@H]3[C@H](OPP)C(C[C@@H]1OP(P(P)P(P)P)P(P(P)P)P(P)P)C2(C)C. The fourth-order valence-corrected chi connectivity index (χ4v) is 204. The van der Waals surface area contributed by atoms with Crippen LogP contribution in [0.2, 0.25) is 0 Å². The molecule has 0 radical (unpaired) electrons. The molecule has 1 heterocycles. The maximum absolute atomic E-state index is 16.6. The van der Waals surface area contributed by atoms with E-state index in [1.54, 1.807) is 0 Å². The van der Waals surface area contributed by atoms with Gasteiger partial charge in [-0.2, -0.15) is 0 Å². The molecule has 7 nitrogen and oxygen atoms in total. The summed E-state index contributed by atoms with van der Waals surface area (Å²) in [7, 11) is 50.1. The highest BCUT2D eigenvalue weighted by atomic mass is 33.2. The first-order valence-corrected chi connectivity index (χ1v) is 71.9. The lowest BCUT2D eigenvalue weighted by atomic mass is 9.46. The third kappa shape index (κ3) is 15.0. The van der Waals surface area contributed by atoms with E-state index in [9.17, 15) is 5.11 Å². The van der Waals surface area contributed by atoms with Gasteiger partial charge in [0, 0.05) is 41.8 Å². The Morgan fingerprint density at radius 1 is 0.729 bits per heavy atom. The molecule has 0 aromatic rings. The van der Waals surface area contributed by atoms with E-state index in [0.29, 0.717) is 14.4 Å². The van der Waals surface area contributed by atoms with Crippen LogP contribution in [0.25, 0.3) is 0 Å². The normalized spacial score (nSPS) is 35.0. The van der Waals surface area contributed by atoms with Crippen molar-refractivity contribution in [3.05, 3.63) is 11.1 Å². The Bertz CT molecular complexity index is 1440. The third-order valence-electron chi connectivity index (χ3n) is 11.0. The highest BCUT2D eigenvalue weighted by molar-refractivity contribution is 9.19. The Morgan fingerprint density at radius 3 is 1.71 bits per heavy atom. The zero-order valence-electron chi connectivity index (χ0n) is 32.7. The molecule has 0 spiro atoms. The topological polar surface area (TPSA) is 83.5 Å². The molecule has 2 saturated carbocycles. The van der Waals surface area contributed by atoms with Crippen molar-refractivity contribution in [2.45, 2.75) is 76.7 Å². The molecule has 39 heteroatoms. The monoisotopic (exact) mass is 1410 g/mol. The average molecular weight is 1410 g/mol. The van der Waals surface area contributed by atoms with E-state index in [2.05, 4.69) is 179 Å². The fraction of sp³-hybridized carbons (Fsp3) is 0.850. The quantitative estimate of drug-likeness (QED) is 0.102. The molecular weight excluding hydrogens is 1340 g/mol. The minimum atomic E-state index is -1.26. The summed E-state index contributed by atoms with van der Waals surface area (Å²) in [5, 5.41) is 13.1. The molecule has 24 unspecified atom stereocenters. The minimum Gasteiger partial charge on any atom is -0.384 e. The summed E-state index contributed by atoms with van der Waals surface area (Å²) < 4.78 is 36.2. The fourth-order valence-electron chi connectivity index (χ4n) is 8.46. The molecule has 2 bridgehead atoms. The molecule has 0 amide bonds. The highest BCUT2D eigenvalue weighted by Crippen LogP contribution is 3.18. The number of carbonyl (C=O) groups excluding carboxylic acids is 1. The molecule has 59 heavy (non-hydrogen) atoms. The Balaban J connectivity index is 2.11. The molecular formula is C20H62O7P32. The molecule has 4 rings (SSSR count). The molecule has 3 fully saturated rings. The van der Waals surface area contributed by atoms with Crippen LogP contribution in [0.15, 0.2) is 11.1 Å². The lowest BCUT2D eigenvalue weighted by molar-refractivity contribution is -0.327. The van der Waals surface area contributed by atoms with E-state index >= 15 is 4.79 Å². The lowest BCUT2D eigenvalue weighted by Gasteiger charge is -2.66. The maximum Gasteiger partial charge on any atom is 0.175 e. The Labute approximate surface area is 412 Å². The summed E-state index contributed by atoms with van der Waals surface area (Å²) in [6.45, 7) is 4.07. The highest BCUT2D eigenvalue weighted by Gasteiger charge is 2.74. The maximum atomic E-state index is 16.6. The van der Waals surface area contributed by atoms with Crippen molar-refractivity contribution in [2.24, 2.45) is 22.7 Å². The summed E-state index contributed by atoms with van der Waals surface area (Å²) in [4.78, 5) is 16.6. The van der Waals surface area contributed by atoms with E-state index in [1.165, 1.54) is 0 Å². The summed E-state index contributed by atoms with van der Waals surface area (Å²) in [5.74, 6) is -0.659. The number of rotatable bonds is 19. The van der Waals surface area contributed by atoms with Crippen LogP contribution in [-0.4, -0.2) is 53.6 Å². The van der Waals surface area contributed by atoms with Crippen molar-refractivity contribution in [3.63, 3.8) is 0 Å². The van der Waals surface area contributed by atoms with Crippen LogP contribution < -0.4 is 0 Å². The van der Waals surface area contributed by atoms with Crippen molar-refractivity contribution in [3.8, 4) is 0 Å². The first kappa shape index (κ1) is 64.5. The van der Waals surface area contributed by atoms with Gasteiger partial charge in [-0.05, 0) is 91.7 Å². The summed E-state index contributed by atoms with van der Waals surface area (Å²) >= 11 is 0. The Hall–Kier alpha value is 12.9. The van der Waals surface area contributed by atoms with Gasteiger partial charge < -0.3 is 27.9 Å². The van der Waals surface area contributed by atoms with Gasteiger partial charge in [-0.3, -0.25) is 4.79 Å². The van der Waals surface area contributed by atoms with Gasteiger partial charge in [-0.1, -0.05) is 39.7 Å². The summed E-state index contributed by atoms with van der Waals surface area (Å²) in [6, 6.07) is 0. The van der Waals surface area contributed by atoms with Crippen LogP contribution >= 0.6 is 261 Å². The molecule has 4 aliphatic rings. The number of fused-ring (bicyclic) bond motifs is 5. The van der Waals surface area contributed by atoms with Gasteiger partial charge in [-0.15, -0.1) is 134 Å². The third-order valence-corrected chi connectivity index (χ3v) is 152. The Morgan fingerprint density at radius 2 is 1.29 bits per heavy atom. The first-order valence-electron chi connectivity index (χ1n) is 17.0. The smallest absolute Gasteiger partial charge is 0.175 e. The van der Waals surface area contributed by atoms with Crippen LogP contribution in [0.3, 0.4) is 0 Å². The molecule has 3 aliphatic carbocycles. The van der Waals surface area contributed by atoms with E-state index in [4.69, 9.17) is 22.8 Å². The van der Waals surface area contributed by atoms with E-state index in [0.717, 1.165) is 17.6 Å². The van der Waals surface area contributed by atoms with Gasteiger partial charge in [0.25, 0.3) is 0 Å². The van der Waals surface area contributed by atoms with Crippen LogP contribution in [0.4, 0.5) is 0 Å². The second-order valence-corrected chi connectivity index (χ2v) is 123. The van der Waals surface area contributed by atoms with Crippen molar-refractivity contribution in [2.75, 3.05) is 6.61 Å². The van der Waals surface area contributed by atoms with Gasteiger partial charge in [0.2, 0.25) is 0 Å². The van der Waals surface area contributed by atoms with E-state index in [-0.39, 0.29) is 32.9 Å². The van der Waals surface area contributed by atoms with Gasteiger partial charge in [0.1, 0.15) is 11.7 Å². The lowest BCUT2D eigenvalue weighted by Crippen LogP contribution is -2.78.